The molecule has 4 aromatic rings. The molecule has 0 unspecified atom stereocenters. The Morgan fingerprint density at radius 2 is 1.47 bits per heavy atom. The van der Waals surface area contributed by atoms with Gasteiger partial charge in [0.15, 0.2) is 0 Å². The van der Waals surface area contributed by atoms with Gasteiger partial charge >= 0.3 is 11.9 Å². The molecule has 2 heterocycles. The van der Waals surface area contributed by atoms with Crippen molar-refractivity contribution in [1.82, 2.24) is 19.5 Å². The number of rotatable bonds is 2. The van der Waals surface area contributed by atoms with Crippen LogP contribution >= 0.6 is 23.2 Å². The van der Waals surface area contributed by atoms with E-state index in [1.165, 1.54) is 20.8 Å². The normalized spacial score (nSPS) is 10.0. The van der Waals surface area contributed by atoms with Crippen LogP contribution in [0.4, 0.5) is 0 Å². The summed E-state index contributed by atoms with van der Waals surface area (Å²) < 4.78 is 5.52. The van der Waals surface area contributed by atoms with Gasteiger partial charge in [-0.05, 0) is 24.3 Å². The molecule has 2 aromatic carbocycles. The van der Waals surface area contributed by atoms with E-state index >= 15 is 0 Å². The molecular formula is C22H22Cl2N4O4. The first-order valence-corrected chi connectivity index (χ1v) is 10.6. The predicted molar refractivity (Wildman–Crippen MR) is 124 cm³/mol. The van der Waals surface area contributed by atoms with E-state index in [0.29, 0.717) is 11.7 Å². The van der Waals surface area contributed by atoms with E-state index in [0.717, 1.165) is 27.9 Å². The van der Waals surface area contributed by atoms with Crippen LogP contribution in [0.1, 0.15) is 37.2 Å². The van der Waals surface area contributed by atoms with Crippen LogP contribution in [-0.4, -0.2) is 37.4 Å². The van der Waals surface area contributed by atoms with Crippen LogP contribution in [-0.2, 0) is 26.1 Å². The fourth-order valence-corrected chi connectivity index (χ4v) is 3.09. The van der Waals surface area contributed by atoms with E-state index in [2.05, 4.69) is 19.7 Å². The van der Waals surface area contributed by atoms with Gasteiger partial charge in [-0.1, -0.05) is 24.3 Å². The van der Waals surface area contributed by atoms with Crippen molar-refractivity contribution < 1.29 is 19.1 Å². The number of aromatic amines is 1. The monoisotopic (exact) mass is 476 g/mol. The number of halogens is 2. The number of aromatic nitrogens is 4. The van der Waals surface area contributed by atoms with Crippen LogP contribution in [0.25, 0.3) is 22.1 Å². The molecule has 0 aliphatic heterocycles. The van der Waals surface area contributed by atoms with Crippen molar-refractivity contribution in [3.63, 3.8) is 0 Å². The van der Waals surface area contributed by atoms with Crippen LogP contribution < -0.4 is 0 Å². The third kappa shape index (κ3) is 6.90. The number of ether oxygens (including phenoxy) is 1. The summed E-state index contributed by atoms with van der Waals surface area (Å²) in [7, 11) is 0. The number of benzene rings is 2. The van der Waals surface area contributed by atoms with Crippen molar-refractivity contribution in [2.24, 2.45) is 0 Å². The van der Waals surface area contributed by atoms with Gasteiger partial charge in [0.1, 0.15) is 11.6 Å². The minimum atomic E-state index is -0.562. The second kappa shape index (κ2) is 12.0. The summed E-state index contributed by atoms with van der Waals surface area (Å²) in [6.07, 6.45) is 0. The number of carbonyl (C=O) groups is 3. The second-order valence-corrected chi connectivity index (χ2v) is 6.96. The van der Waals surface area contributed by atoms with E-state index in [1.54, 1.807) is 4.57 Å². The maximum atomic E-state index is 11.4. The van der Waals surface area contributed by atoms with Crippen molar-refractivity contribution >= 4 is 63.1 Å². The van der Waals surface area contributed by atoms with Gasteiger partial charge in [0.2, 0.25) is 5.91 Å². The molecule has 8 nitrogen and oxygen atoms in total. The highest BCUT2D eigenvalue weighted by Crippen LogP contribution is 2.16. The molecule has 0 aliphatic rings. The summed E-state index contributed by atoms with van der Waals surface area (Å²) in [4.78, 5) is 42.6. The zero-order valence-electron chi connectivity index (χ0n) is 17.8. The van der Waals surface area contributed by atoms with Crippen molar-refractivity contribution in [1.29, 1.82) is 0 Å². The number of nitrogens with zero attached hydrogens (tertiary/aromatic N) is 3. The lowest BCUT2D eigenvalue weighted by Gasteiger charge is -2.00. The number of para-hydroxylation sites is 4. The number of H-pyrrole nitrogens is 1. The van der Waals surface area contributed by atoms with Gasteiger partial charge in [0.05, 0.1) is 33.8 Å². The second-order valence-electron chi connectivity index (χ2n) is 6.42. The molecule has 1 N–H and O–H groups in total. The molecule has 0 spiro atoms. The van der Waals surface area contributed by atoms with Crippen LogP contribution in [0, 0.1) is 0 Å². The number of hydrogen-bond acceptors (Lipinski definition) is 6. The summed E-state index contributed by atoms with van der Waals surface area (Å²) >= 11 is 11.3. The Balaban J connectivity index is 0.000000181. The molecule has 0 amide bonds. The van der Waals surface area contributed by atoms with Crippen molar-refractivity contribution in [3.8, 4) is 0 Å². The van der Waals surface area contributed by atoms with Crippen molar-refractivity contribution in [2.45, 2.75) is 32.5 Å². The third-order valence-electron chi connectivity index (χ3n) is 3.92. The molecule has 2 aromatic heterocycles. The zero-order valence-corrected chi connectivity index (χ0v) is 19.3. The molecule has 0 aliphatic carbocycles. The van der Waals surface area contributed by atoms with Crippen molar-refractivity contribution in [3.05, 3.63) is 60.2 Å². The fraction of sp³-hybridized carbons (Fsp3) is 0.227. The summed E-state index contributed by atoms with van der Waals surface area (Å²) in [6.45, 7) is 3.87. The minimum absolute atomic E-state index is 0.0608. The highest BCUT2D eigenvalue weighted by Gasteiger charge is 2.11. The molecule has 0 fully saturated rings. The van der Waals surface area contributed by atoms with E-state index < -0.39 is 11.9 Å². The molecule has 0 radical (unpaired) electrons. The molecular weight excluding hydrogens is 455 g/mol. The first-order chi connectivity index (χ1) is 15.3. The number of alkyl halides is 2. The summed E-state index contributed by atoms with van der Waals surface area (Å²) in [6, 6.07) is 15.4. The fourth-order valence-electron chi connectivity index (χ4n) is 2.79. The molecule has 168 valence electrons. The summed E-state index contributed by atoms with van der Waals surface area (Å²) in [5, 5.41) is 0. The van der Waals surface area contributed by atoms with Gasteiger partial charge < -0.3 is 9.72 Å². The topological polar surface area (TPSA) is 107 Å². The van der Waals surface area contributed by atoms with E-state index in [1.807, 2.05) is 48.5 Å². The first kappa shape index (κ1) is 25.0. The maximum absolute atomic E-state index is 11.4. The number of nitrogens with one attached hydrogen (secondary N) is 1. The number of fused-ring (bicyclic) bond motifs is 2. The number of hydrogen-bond donors (Lipinski definition) is 1. The Labute approximate surface area is 194 Å². The lowest BCUT2D eigenvalue weighted by Crippen LogP contribution is -2.08. The van der Waals surface area contributed by atoms with Crippen LogP contribution in [0.5, 0.6) is 0 Å². The van der Waals surface area contributed by atoms with E-state index in [-0.39, 0.29) is 11.8 Å². The van der Waals surface area contributed by atoms with E-state index in [4.69, 9.17) is 23.2 Å². The lowest BCUT2D eigenvalue weighted by molar-refractivity contribution is -0.156. The van der Waals surface area contributed by atoms with Gasteiger partial charge in [-0.3, -0.25) is 19.0 Å². The molecule has 0 saturated heterocycles. The number of carbonyl (C=O) groups excluding carboxylic acids is 3. The average molecular weight is 477 g/mol. The third-order valence-corrected chi connectivity index (χ3v) is 4.41. The van der Waals surface area contributed by atoms with Crippen LogP contribution in [0.2, 0.25) is 0 Å². The van der Waals surface area contributed by atoms with Gasteiger partial charge in [0, 0.05) is 20.8 Å². The summed E-state index contributed by atoms with van der Waals surface area (Å²) in [5.41, 5.74) is 3.64. The first-order valence-electron chi connectivity index (χ1n) is 9.48. The smallest absolute Gasteiger partial charge is 0.310 e. The summed E-state index contributed by atoms with van der Waals surface area (Å²) in [5.74, 6) is 0.922. The van der Waals surface area contributed by atoms with Gasteiger partial charge in [-0.2, -0.15) is 0 Å². The Morgan fingerprint density at radius 3 is 1.97 bits per heavy atom. The van der Waals surface area contributed by atoms with Gasteiger partial charge in [-0.25, -0.2) is 9.97 Å². The van der Waals surface area contributed by atoms with Gasteiger partial charge in [-0.15, -0.1) is 23.2 Å². The largest absolute Gasteiger partial charge is 0.394 e. The SMILES string of the molecule is CC(=O)OC(C)=O.CC(=O)n1c(CCl)nc2ccccc21.ClCc1nc2ccccc2[nH]1. The predicted octanol–water partition coefficient (Wildman–Crippen LogP) is 4.83. The molecule has 4 rings (SSSR count). The molecule has 0 atom stereocenters. The Morgan fingerprint density at radius 1 is 0.875 bits per heavy atom. The Kier molecular flexibility index (Phi) is 9.37. The van der Waals surface area contributed by atoms with Crippen molar-refractivity contribution in [2.75, 3.05) is 0 Å². The molecule has 0 saturated carbocycles. The quantitative estimate of drug-likeness (QED) is 0.252. The maximum Gasteiger partial charge on any atom is 0.310 e. The Bertz CT molecular complexity index is 1190. The zero-order chi connectivity index (χ0) is 23.7. The van der Waals surface area contributed by atoms with Crippen LogP contribution in [0.3, 0.4) is 0 Å². The van der Waals surface area contributed by atoms with E-state index in [9.17, 15) is 14.4 Å². The Hall–Kier alpha value is -3.23. The molecule has 32 heavy (non-hydrogen) atoms. The minimum Gasteiger partial charge on any atom is -0.394 e. The standard InChI is InChI=1S/C10H9ClN2O.C8H7ClN2.C4H6O3/c1-7(14)13-9-5-3-2-4-8(9)12-10(13)6-11;9-5-8-10-6-3-1-2-4-7(6)11-8;1-3(5)7-4(2)6/h2-5H,6H2,1H3;1-4H,5H2,(H,10,11);1-2H3. The highest BCUT2D eigenvalue weighted by molar-refractivity contribution is 6.17. The highest BCUT2D eigenvalue weighted by atomic mass is 35.5. The van der Waals surface area contributed by atoms with Gasteiger partial charge in [0.25, 0.3) is 0 Å². The number of esters is 2. The lowest BCUT2D eigenvalue weighted by atomic mass is 10.3. The molecule has 0 bridgehead atoms. The van der Waals surface area contributed by atoms with Crippen LogP contribution in [0.15, 0.2) is 48.5 Å². The average Bonchev–Trinajstić information content (AvgIpc) is 3.34. The number of imidazole rings is 2. The molecule has 10 heteroatoms.